The fourth-order valence-electron chi connectivity index (χ4n) is 2.70. The van der Waals surface area contributed by atoms with Crippen LogP contribution in [0.2, 0.25) is 0 Å². The summed E-state index contributed by atoms with van der Waals surface area (Å²) in [5, 5.41) is 8.07. The van der Waals surface area contributed by atoms with Crippen molar-refractivity contribution < 1.29 is 0 Å². The van der Waals surface area contributed by atoms with Crippen molar-refractivity contribution in [2.24, 2.45) is 0 Å². The molecule has 2 heterocycles. The third-order valence-corrected chi connectivity index (χ3v) is 3.62. The molecule has 0 atom stereocenters. The van der Waals surface area contributed by atoms with Gasteiger partial charge in [0.1, 0.15) is 0 Å². The van der Waals surface area contributed by atoms with Crippen molar-refractivity contribution in [3.8, 4) is 5.69 Å². The minimum Gasteiger partial charge on any atom is -0.317 e. The molecule has 0 saturated carbocycles. The predicted octanol–water partition coefficient (Wildman–Crippen LogP) is 2.65. The Hall–Kier alpha value is -1.61. The Kier molecular flexibility index (Phi) is 3.15. The normalized spacial score (nSPS) is 16.9. The molecule has 0 unspecified atom stereocenters. The highest BCUT2D eigenvalue weighted by molar-refractivity contribution is 5.34. The molecule has 0 radical (unpaired) electrons. The molecular formula is C15H19N3. The molecule has 1 aromatic carbocycles. The van der Waals surface area contributed by atoms with E-state index in [1.165, 1.54) is 24.2 Å². The van der Waals surface area contributed by atoms with Gasteiger partial charge in [-0.05, 0) is 51.1 Å². The number of benzene rings is 1. The van der Waals surface area contributed by atoms with Crippen molar-refractivity contribution in [1.29, 1.82) is 0 Å². The van der Waals surface area contributed by atoms with Gasteiger partial charge in [0.15, 0.2) is 0 Å². The lowest BCUT2D eigenvalue weighted by atomic mass is 9.94. The first-order valence-corrected chi connectivity index (χ1v) is 6.67. The molecule has 1 aliphatic heterocycles. The van der Waals surface area contributed by atoms with Gasteiger partial charge in [0.25, 0.3) is 0 Å². The summed E-state index contributed by atoms with van der Waals surface area (Å²) in [6.07, 6.45) is 2.41. The first-order valence-electron chi connectivity index (χ1n) is 6.67. The summed E-state index contributed by atoms with van der Waals surface area (Å²) < 4.78 is 2.12. The van der Waals surface area contributed by atoms with E-state index >= 15 is 0 Å². The Balaban J connectivity index is 1.99. The quantitative estimate of drug-likeness (QED) is 0.876. The van der Waals surface area contributed by atoms with E-state index in [4.69, 9.17) is 0 Å². The van der Waals surface area contributed by atoms with Crippen LogP contribution in [-0.4, -0.2) is 22.9 Å². The Morgan fingerprint density at radius 1 is 1.17 bits per heavy atom. The van der Waals surface area contributed by atoms with Crippen LogP contribution in [0.5, 0.6) is 0 Å². The predicted molar refractivity (Wildman–Crippen MR) is 73.1 cm³/mol. The van der Waals surface area contributed by atoms with Crippen molar-refractivity contribution in [3.63, 3.8) is 0 Å². The smallest absolute Gasteiger partial charge is 0.0649 e. The minimum atomic E-state index is 0.632. The number of hydrogen-bond donors (Lipinski definition) is 1. The highest BCUT2D eigenvalue weighted by atomic mass is 15.3. The molecule has 94 valence electrons. The molecule has 18 heavy (non-hydrogen) atoms. The largest absolute Gasteiger partial charge is 0.317 e. The Labute approximate surface area is 108 Å². The zero-order chi connectivity index (χ0) is 12.4. The maximum Gasteiger partial charge on any atom is 0.0649 e. The standard InChI is InChI=1S/C15H19N3/c1-12-11-15(13-7-9-16-10-8-13)18(17-12)14-5-3-2-4-6-14/h2-6,11,13,16H,7-10H2,1H3. The van der Waals surface area contributed by atoms with Crippen molar-refractivity contribution in [2.75, 3.05) is 13.1 Å². The van der Waals surface area contributed by atoms with Gasteiger partial charge in [-0.15, -0.1) is 0 Å². The molecule has 3 heteroatoms. The second-order valence-electron chi connectivity index (χ2n) is 4.98. The lowest BCUT2D eigenvalue weighted by Gasteiger charge is -2.23. The van der Waals surface area contributed by atoms with Gasteiger partial charge in [-0.3, -0.25) is 0 Å². The molecular weight excluding hydrogens is 222 g/mol. The van der Waals surface area contributed by atoms with Gasteiger partial charge in [0, 0.05) is 11.6 Å². The van der Waals surface area contributed by atoms with Crippen LogP contribution in [0.1, 0.15) is 30.1 Å². The van der Waals surface area contributed by atoms with Crippen LogP contribution in [0.25, 0.3) is 5.69 Å². The molecule has 0 bridgehead atoms. The van der Waals surface area contributed by atoms with Crippen molar-refractivity contribution in [3.05, 3.63) is 47.8 Å². The van der Waals surface area contributed by atoms with Crippen LogP contribution in [0.3, 0.4) is 0 Å². The van der Waals surface area contributed by atoms with Gasteiger partial charge >= 0.3 is 0 Å². The fraction of sp³-hybridized carbons (Fsp3) is 0.400. The Bertz CT molecular complexity index is 510. The van der Waals surface area contributed by atoms with E-state index in [1.807, 2.05) is 6.07 Å². The average molecular weight is 241 g/mol. The molecule has 2 aromatic rings. The number of para-hydroxylation sites is 1. The molecule has 1 saturated heterocycles. The first kappa shape index (κ1) is 11.5. The van der Waals surface area contributed by atoms with E-state index in [0.29, 0.717) is 5.92 Å². The van der Waals surface area contributed by atoms with Crippen LogP contribution in [0, 0.1) is 6.92 Å². The molecule has 1 fully saturated rings. The van der Waals surface area contributed by atoms with Crippen molar-refractivity contribution in [2.45, 2.75) is 25.7 Å². The summed E-state index contributed by atoms with van der Waals surface area (Å²) >= 11 is 0. The van der Waals surface area contributed by atoms with Gasteiger partial charge in [-0.25, -0.2) is 4.68 Å². The molecule has 0 aliphatic carbocycles. The zero-order valence-corrected chi connectivity index (χ0v) is 10.8. The minimum absolute atomic E-state index is 0.632. The van der Waals surface area contributed by atoms with E-state index in [2.05, 4.69) is 52.4 Å². The van der Waals surface area contributed by atoms with Gasteiger partial charge < -0.3 is 5.32 Å². The fourth-order valence-corrected chi connectivity index (χ4v) is 2.70. The first-order chi connectivity index (χ1) is 8.84. The van der Waals surface area contributed by atoms with E-state index < -0.39 is 0 Å². The average Bonchev–Trinajstić information content (AvgIpc) is 2.83. The summed E-state index contributed by atoms with van der Waals surface area (Å²) in [6.45, 7) is 4.30. The maximum absolute atomic E-state index is 4.65. The van der Waals surface area contributed by atoms with Gasteiger partial charge in [0.05, 0.1) is 11.4 Å². The molecule has 3 rings (SSSR count). The second kappa shape index (κ2) is 4.94. The van der Waals surface area contributed by atoms with Crippen LogP contribution in [0.15, 0.2) is 36.4 Å². The lowest BCUT2D eigenvalue weighted by molar-refractivity contribution is 0.446. The lowest BCUT2D eigenvalue weighted by Crippen LogP contribution is -2.27. The highest BCUT2D eigenvalue weighted by Crippen LogP contribution is 2.27. The summed E-state index contributed by atoms with van der Waals surface area (Å²) in [6, 6.07) is 12.7. The number of aromatic nitrogens is 2. The van der Waals surface area contributed by atoms with Crippen molar-refractivity contribution >= 4 is 0 Å². The monoisotopic (exact) mass is 241 g/mol. The van der Waals surface area contributed by atoms with E-state index in [-0.39, 0.29) is 0 Å². The number of nitrogens with one attached hydrogen (secondary N) is 1. The number of nitrogens with zero attached hydrogens (tertiary/aromatic N) is 2. The number of aryl methyl sites for hydroxylation is 1. The van der Waals surface area contributed by atoms with Gasteiger partial charge in [0.2, 0.25) is 0 Å². The number of hydrogen-bond acceptors (Lipinski definition) is 2. The molecule has 0 amide bonds. The highest BCUT2D eigenvalue weighted by Gasteiger charge is 2.20. The third-order valence-electron chi connectivity index (χ3n) is 3.62. The summed E-state index contributed by atoms with van der Waals surface area (Å²) in [4.78, 5) is 0. The summed E-state index contributed by atoms with van der Waals surface area (Å²) in [7, 11) is 0. The molecule has 0 spiro atoms. The van der Waals surface area contributed by atoms with Gasteiger partial charge in [-0.1, -0.05) is 18.2 Å². The Morgan fingerprint density at radius 2 is 1.89 bits per heavy atom. The van der Waals surface area contributed by atoms with E-state index in [1.54, 1.807) is 0 Å². The van der Waals surface area contributed by atoms with Crippen LogP contribution in [0.4, 0.5) is 0 Å². The molecule has 3 nitrogen and oxygen atoms in total. The molecule has 1 aromatic heterocycles. The second-order valence-corrected chi connectivity index (χ2v) is 4.98. The molecule has 1 N–H and O–H groups in total. The van der Waals surface area contributed by atoms with Gasteiger partial charge in [-0.2, -0.15) is 5.10 Å². The molecule has 1 aliphatic rings. The number of rotatable bonds is 2. The van der Waals surface area contributed by atoms with E-state index in [9.17, 15) is 0 Å². The Morgan fingerprint density at radius 3 is 2.61 bits per heavy atom. The SMILES string of the molecule is Cc1cc(C2CCNCC2)n(-c2ccccc2)n1. The maximum atomic E-state index is 4.65. The van der Waals surface area contributed by atoms with Crippen LogP contribution >= 0.6 is 0 Å². The number of piperidine rings is 1. The third kappa shape index (κ3) is 2.18. The summed E-state index contributed by atoms with van der Waals surface area (Å²) in [5.74, 6) is 0.632. The van der Waals surface area contributed by atoms with Crippen LogP contribution < -0.4 is 5.32 Å². The van der Waals surface area contributed by atoms with E-state index in [0.717, 1.165) is 18.8 Å². The zero-order valence-electron chi connectivity index (χ0n) is 10.8. The van der Waals surface area contributed by atoms with Crippen molar-refractivity contribution in [1.82, 2.24) is 15.1 Å². The van der Waals surface area contributed by atoms with Crippen LogP contribution in [-0.2, 0) is 0 Å². The topological polar surface area (TPSA) is 29.9 Å². The summed E-state index contributed by atoms with van der Waals surface area (Å²) in [5.41, 5.74) is 3.63.